The van der Waals surface area contributed by atoms with Gasteiger partial charge in [0, 0.05) is 17.5 Å². The van der Waals surface area contributed by atoms with E-state index in [0.29, 0.717) is 12.1 Å². The molecule has 1 saturated carbocycles. The first-order valence-electron chi connectivity index (χ1n) is 8.73. The van der Waals surface area contributed by atoms with E-state index in [9.17, 15) is 4.79 Å². The number of hydrogen-bond acceptors (Lipinski definition) is 5. The molecular formula is C19H28N2O2S2. The molecule has 6 heteroatoms. The zero-order valence-corrected chi connectivity index (χ0v) is 16.7. The molecule has 2 rings (SSSR count). The summed E-state index contributed by atoms with van der Waals surface area (Å²) in [6.07, 6.45) is 8.35. The quantitative estimate of drug-likeness (QED) is 0.295. The largest absolute Gasteiger partial charge is 0.467 e. The summed E-state index contributed by atoms with van der Waals surface area (Å²) >= 11 is 7.59. The van der Waals surface area contributed by atoms with Crippen LogP contribution in [0.25, 0.3) is 0 Å². The molecule has 0 spiro atoms. The summed E-state index contributed by atoms with van der Waals surface area (Å²) in [5.74, 6) is 0.869. The molecule has 25 heavy (non-hydrogen) atoms. The second-order valence-electron chi connectivity index (χ2n) is 6.73. The molecule has 0 saturated heterocycles. The van der Waals surface area contributed by atoms with Crippen molar-refractivity contribution in [1.82, 2.24) is 5.32 Å². The van der Waals surface area contributed by atoms with Gasteiger partial charge < -0.3 is 15.8 Å². The van der Waals surface area contributed by atoms with Gasteiger partial charge >= 0.3 is 5.97 Å². The van der Waals surface area contributed by atoms with Crippen LogP contribution in [-0.4, -0.2) is 36.1 Å². The Balaban J connectivity index is 2.03. The number of nitrogens with one attached hydrogen (secondary N) is 1. The van der Waals surface area contributed by atoms with E-state index in [4.69, 9.17) is 22.7 Å². The number of carbonyl (C=O) groups is 1. The van der Waals surface area contributed by atoms with Crippen LogP contribution in [0.2, 0.25) is 0 Å². The average molecular weight is 381 g/mol. The van der Waals surface area contributed by atoms with Crippen LogP contribution < -0.4 is 11.1 Å². The molecule has 1 fully saturated rings. The summed E-state index contributed by atoms with van der Waals surface area (Å²) in [6, 6.07) is 7.11. The van der Waals surface area contributed by atoms with E-state index in [1.54, 1.807) is 0 Å². The predicted octanol–water partition coefficient (Wildman–Crippen LogP) is 3.58. The number of ether oxygens (including phenoxy) is 1. The normalized spacial score (nSPS) is 16.6. The minimum Gasteiger partial charge on any atom is -0.467 e. The second-order valence-corrected chi connectivity index (χ2v) is 8.12. The molecule has 3 N–H and O–H groups in total. The molecular weight excluding hydrogens is 352 g/mol. The molecule has 1 aromatic carbocycles. The second kappa shape index (κ2) is 9.43. The van der Waals surface area contributed by atoms with Gasteiger partial charge in [0.1, 0.15) is 6.04 Å². The first-order valence-corrected chi connectivity index (χ1v) is 10.5. The SMILES string of the molecule is COC(=O)[C@H](Cc1ccc(N)cc1)NC(=S)C1(CCCSC)CCC1. The maximum absolute atomic E-state index is 12.2. The van der Waals surface area contributed by atoms with Gasteiger partial charge in [-0.1, -0.05) is 30.8 Å². The Bertz CT molecular complexity index is 586. The number of esters is 1. The molecule has 4 nitrogen and oxygen atoms in total. The molecule has 0 heterocycles. The molecule has 0 aliphatic heterocycles. The lowest BCUT2D eigenvalue weighted by Gasteiger charge is -2.43. The van der Waals surface area contributed by atoms with E-state index in [1.807, 2.05) is 36.0 Å². The van der Waals surface area contributed by atoms with Crippen molar-refractivity contribution < 1.29 is 9.53 Å². The van der Waals surface area contributed by atoms with Crippen molar-refractivity contribution in [1.29, 1.82) is 0 Å². The zero-order chi connectivity index (χ0) is 18.3. The van der Waals surface area contributed by atoms with Crippen molar-refractivity contribution in [2.75, 3.05) is 24.9 Å². The maximum Gasteiger partial charge on any atom is 0.328 e. The first-order chi connectivity index (χ1) is 12.0. The molecule has 1 aliphatic carbocycles. The highest BCUT2D eigenvalue weighted by atomic mass is 32.2. The van der Waals surface area contributed by atoms with Gasteiger partial charge in [-0.3, -0.25) is 0 Å². The van der Waals surface area contributed by atoms with E-state index >= 15 is 0 Å². The fourth-order valence-electron chi connectivity index (χ4n) is 3.29. The van der Waals surface area contributed by atoms with Gasteiger partial charge in [0.2, 0.25) is 0 Å². The van der Waals surface area contributed by atoms with Crippen LogP contribution in [-0.2, 0) is 16.0 Å². The van der Waals surface area contributed by atoms with Crippen LogP contribution in [0.5, 0.6) is 0 Å². The van der Waals surface area contributed by atoms with Crippen molar-refractivity contribution in [3.8, 4) is 0 Å². The van der Waals surface area contributed by atoms with E-state index < -0.39 is 6.04 Å². The standard InChI is InChI=1S/C19H28N2O2S2/c1-23-17(22)16(13-14-5-7-15(20)8-6-14)21-18(24)19(9-3-10-19)11-4-12-25-2/h5-8,16H,3-4,9-13,20H2,1-2H3,(H,21,24)/t16-/m0/s1. The molecule has 0 radical (unpaired) electrons. The lowest BCUT2D eigenvalue weighted by molar-refractivity contribution is -0.142. The summed E-state index contributed by atoms with van der Waals surface area (Å²) in [5, 5.41) is 3.32. The number of methoxy groups -OCH3 is 1. The Kier molecular flexibility index (Phi) is 7.56. The average Bonchev–Trinajstić information content (AvgIpc) is 2.57. The Morgan fingerprint density at radius 3 is 2.60 bits per heavy atom. The van der Waals surface area contributed by atoms with E-state index in [0.717, 1.165) is 42.0 Å². The van der Waals surface area contributed by atoms with Gasteiger partial charge in [-0.25, -0.2) is 4.79 Å². The van der Waals surface area contributed by atoms with E-state index in [1.165, 1.54) is 13.5 Å². The number of anilines is 1. The van der Waals surface area contributed by atoms with Crippen LogP contribution >= 0.6 is 24.0 Å². The predicted molar refractivity (Wildman–Crippen MR) is 110 cm³/mol. The lowest BCUT2D eigenvalue weighted by atomic mass is 9.66. The topological polar surface area (TPSA) is 64.3 Å². The smallest absolute Gasteiger partial charge is 0.328 e. The van der Waals surface area contributed by atoms with Gasteiger partial charge in [-0.2, -0.15) is 11.8 Å². The summed E-state index contributed by atoms with van der Waals surface area (Å²) in [7, 11) is 1.42. The van der Waals surface area contributed by atoms with Crippen LogP contribution in [0.1, 0.15) is 37.7 Å². The Morgan fingerprint density at radius 2 is 2.08 bits per heavy atom. The van der Waals surface area contributed by atoms with Gasteiger partial charge in [0.05, 0.1) is 12.1 Å². The lowest BCUT2D eigenvalue weighted by Crippen LogP contribution is -2.51. The Labute approximate surface area is 160 Å². The number of carbonyl (C=O) groups excluding carboxylic acids is 1. The Hall–Kier alpha value is -1.27. The van der Waals surface area contributed by atoms with E-state index in [-0.39, 0.29) is 11.4 Å². The highest BCUT2D eigenvalue weighted by Gasteiger charge is 2.41. The van der Waals surface area contributed by atoms with Crippen molar-refractivity contribution in [2.45, 2.75) is 44.6 Å². The fourth-order valence-corrected chi connectivity index (χ4v) is 4.17. The molecule has 138 valence electrons. The number of thioether (sulfide) groups is 1. The van der Waals surface area contributed by atoms with Crippen molar-refractivity contribution >= 4 is 40.6 Å². The van der Waals surface area contributed by atoms with Crippen LogP contribution in [0.4, 0.5) is 5.69 Å². The van der Waals surface area contributed by atoms with Crippen LogP contribution in [0.15, 0.2) is 24.3 Å². The van der Waals surface area contributed by atoms with E-state index in [2.05, 4.69) is 11.6 Å². The molecule has 1 atom stereocenters. The minimum absolute atomic E-state index is 0.0679. The molecule has 1 aromatic rings. The van der Waals surface area contributed by atoms with Gasteiger partial charge in [0.15, 0.2) is 0 Å². The first kappa shape index (κ1) is 20.0. The summed E-state index contributed by atoms with van der Waals surface area (Å²) in [6.45, 7) is 0. The summed E-state index contributed by atoms with van der Waals surface area (Å²) in [4.78, 5) is 13.1. The third-order valence-electron chi connectivity index (χ3n) is 5.01. The number of rotatable bonds is 9. The maximum atomic E-state index is 12.2. The summed E-state index contributed by atoms with van der Waals surface area (Å²) in [5.41, 5.74) is 7.55. The fraction of sp³-hybridized carbons (Fsp3) is 0.579. The minimum atomic E-state index is -0.459. The molecule has 0 amide bonds. The van der Waals surface area contributed by atoms with Gasteiger partial charge in [-0.05, 0) is 55.4 Å². The molecule has 0 unspecified atom stereocenters. The van der Waals surface area contributed by atoms with Crippen molar-refractivity contribution in [3.05, 3.63) is 29.8 Å². The molecule has 1 aliphatic rings. The van der Waals surface area contributed by atoms with Gasteiger partial charge in [-0.15, -0.1) is 0 Å². The Morgan fingerprint density at radius 1 is 1.40 bits per heavy atom. The molecule has 0 bridgehead atoms. The number of nitrogens with two attached hydrogens (primary N) is 1. The monoisotopic (exact) mass is 380 g/mol. The van der Waals surface area contributed by atoms with Crippen molar-refractivity contribution in [2.24, 2.45) is 5.41 Å². The number of nitrogen functional groups attached to an aromatic ring is 1. The highest BCUT2D eigenvalue weighted by Crippen LogP contribution is 2.46. The third kappa shape index (κ3) is 5.35. The highest BCUT2D eigenvalue weighted by molar-refractivity contribution is 7.98. The third-order valence-corrected chi connectivity index (χ3v) is 6.25. The molecule has 0 aromatic heterocycles. The number of thiocarbonyl (C=S) groups is 1. The zero-order valence-electron chi connectivity index (χ0n) is 15.0. The summed E-state index contributed by atoms with van der Waals surface area (Å²) < 4.78 is 4.98. The van der Waals surface area contributed by atoms with Gasteiger partial charge in [0.25, 0.3) is 0 Å². The number of benzene rings is 1. The number of hydrogen-bond donors (Lipinski definition) is 2. The van der Waals surface area contributed by atoms with Crippen LogP contribution in [0.3, 0.4) is 0 Å². The van der Waals surface area contributed by atoms with Crippen molar-refractivity contribution in [3.63, 3.8) is 0 Å². The van der Waals surface area contributed by atoms with Crippen LogP contribution in [0, 0.1) is 5.41 Å².